The van der Waals surface area contributed by atoms with Crippen LogP contribution in [0.1, 0.15) is 24.0 Å². The van der Waals surface area contributed by atoms with Crippen LogP contribution in [0.15, 0.2) is 54.6 Å². The lowest BCUT2D eigenvalue weighted by Crippen LogP contribution is -2.60. The van der Waals surface area contributed by atoms with Crippen LogP contribution in [0.3, 0.4) is 0 Å². The Hall–Kier alpha value is -3.07. The van der Waals surface area contributed by atoms with Crippen molar-refractivity contribution < 1.29 is 37.0 Å². The Balaban J connectivity index is 1.36. The summed E-state index contributed by atoms with van der Waals surface area (Å²) in [6, 6.07) is 14.3. The second-order valence-electron chi connectivity index (χ2n) is 8.30. The Bertz CT molecular complexity index is 968. The van der Waals surface area contributed by atoms with Crippen molar-refractivity contribution >= 4 is 11.9 Å². The van der Waals surface area contributed by atoms with Crippen LogP contribution in [0.25, 0.3) is 0 Å². The van der Waals surface area contributed by atoms with Gasteiger partial charge < -0.3 is 14.2 Å². The number of hydrogen-bond acceptors (Lipinski definition) is 5. The van der Waals surface area contributed by atoms with Crippen LogP contribution in [0.2, 0.25) is 0 Å². The molecule has 2 bridgehead atoms. The van der Waals surface area contributed by atoms with Gasteiger partial charge in [0.25, 0.3) is 0 Å². The van der Waals surface area contributed by atoms with Gasteiger partial charge in [0.1, 0.15) is 18.1 Å². The van der Waals surface area contributed by atoms with Gasteiger partial charge in [-0.25, -0.2) is 4.79 Å². The number of alkyl halides is 3. The Morgan fingerprint density at radius 1 is 0.970 bits per heavy atom. The Labute approximate surface area is 189 Å². The van der Waals surface area contributed by atoms with Gasteiger partial charge in [0, 0.05) is 12.3 Å². The monoisotopic (exact) mass is 463 g/mol. The molecule has 2 aliphatic rings. The summed E-state index contributed by atoms with van der Waals surface area (Å²) in [6.07, 6.45) is -4.37. The third-order valence-electron chi connectivity index (χ3n) is 5.90. The number of amides is 1. The maximum atomic E-state index is 12.9. The van der Waals surface area contributed by atoms with Gasteiger partial charge in [-0.1, -0.05) is 42.5 Å². The molecule has 0 radical (unpaired) electrons. The summed E-state index contributed by atoms with van der Waals surface area (Å²) >= 11 is 0. The van der Waals surface area contributed by atoms with Gasteiger partial charge in [-0.3, -0.25) is 9.69 Å². The molecule has 2 aromatic rings. The number of ether oxygens (including phenoxy) is 3. The van der Waals surface area contributed by atoms with E-state index in [1.807, 2.05) is 30.3 Å². The normalized spacial score (nSPS) is 22.5. The van der Waals surface area contributed by atoms with Crippen molar-refractivity contribution in [1.82, 2.24) is 4.90 Å². The summed E-state index contributed by atoms with van der Waals surface area (Å²) in [5.41, 5.74) is 1.34. The molecule has 6 nitrogen and oxygen atoms in total. The van der Waals surface area contributed by atoms with Gasteiger partial charge in [-0.2, -0.15) is 0 Å². The van der Waals surface area contributed by atoms with Gasteiger partial charge >= 0.3 is 12.5 Å². The number of carbonyl (C=O) groups is 2. The minimum Gasteiger partial charge on any atom is -0.445 e. The number of carbonyl (C=O) groups excluding carboxylic acids is 2. The Morgan fingerprint density at radius 3 is 2.30 bits per heavy atom. The van der Waals surface area contributed by atoms with Crippen molar-refractivity contribution in [3.8, 4) is 5.75 Å². The second kappa shape index (κ2) is 9.82. The van der Waals surface area contributed by atoms with E-state index in [1.54, 1.807) is 11.0 Å². The highest BCUT2D eigenvalue weighted by Gasteiger charge is 2.44. The summed E-state index contributed by atoms with van der Waals surface area (Å²) in [7, 11) is 0. The average molecular weight is 463 g/mol. The van der Waals surface area contributed by atoms with Crippen molar-refractivity contribution in [3.05, 3.63) is 65.7 Å². The molecule has 9 heteroatoms. The fraction of sp³-hybridized carbons (Fsp3) is 0.417. The topological polar surface area (TPSA) is 65.1 Å². The van der Waals surface area contributed by atoms with E-state index < -0.39 is 12.5 Å². The molecular weight excluding hydrogens is 439 g/mol. The molecule has 1 amide bonds. The minimum atomic E-state index is -4.79. The number of benzene rings is 2. The molecule has 2 unspecified atom stereocenters. The third-order valence-corrected chi connectivity index (χ3v) is 5.90. The first-order valence-electron chi connectivity index (χ1n) is 10.7. The number of nitrogens with zero attached hydrogens (tertiary/aromatic N) is 1. The lowest BCUT2D eigenvalue weighted by molar-refractivity contribution is -0.274. The van der Waals surface area contributed by atoms with E-state index in [9.17, 15) is 22.8 Å². The predicted molar refractivity (Wildman–Crippen MR) is 111 cm³/mol. The predicted octanol–water partition coefficient (Wildman–Crippen LogP) is 4.51. The van der Waals surface area contributed by atoms with E-state index in [2.05, 4.69) is 4.74 Å². The molecule has 2 aliphatic heterocycles. The van der Waals surface area contributed by atoms with E-state index in [0.29, 0.717) is 31.6 Å². The zero-order valence-electron chi connectivity index (χ0n) is 17.8. The maximum Gasteiger partial charge on any atom is 0.573 e. The molecule has 2 fully saturated rings. The Morgan fingerprint density at radius 2 is 1.64 bits per heavy atom. The Kier molecular flexibility index (Phi) is 6.88. The van der Waals surface area contributed by atoms with Crippen molar-refractivity contribution in [2.24, 2.45) is 5.92 Å². The molecule has 2 heterocycles. The van der Waals surface area contributed by atoms with E-state index in [1.165, 1.54) is 18.2 Å². The van der Waals surface area contributed by atoms with Crippen LogP contribution >= 0.6 is 0 Å². The molecular formula is C24H24F3NO5. The van der Waals surface area contributed by atoms with Gasteiger partial charge in [0.05, 0.1) is 25.3 Å². The van der Waals surface area contributed by atoms with Crippen LogP contribution in [0, 0.1) is 5.92 Å². The molecule has 176 valence electrons. The number of halogens is 3. The standard InChI is InChI=1S/C24H24F3NO5/c25-24(26,27)33-21-8-4-7-17(9-21)10-22(29)18-11-19-14-31-15-20(12-18)28(19)23(30)32-13-16-5-2-1-3-6-16/h1-9,18-20H,10-15H2. The van der Waals surface area contributed by atoms with E-state index >= 15 is 0 Å². The number of morpholine rings is 1. The SMILES string of the molecule is O=C(Cc1cccc(OC(F)(F)F)c1)C1CC2COCC(C1)N2C(=O)OCc1ccccc1. The number of rotatable bonds is 6. The molecule has 0 aromatic heterocycles. The highest BCUT2D eigenvalue weighted by molar-refractivity contribution is 5.84. The molecule has 0 spiro atoms. The summed E-state index contributed by atoms with van der Waals surface area (Å²) in [6.45, 7) is 0.792. The molecule has 2 saturated heterocycles. The van der Waals surface area contributed by atoms with Crippen LogP contribution in [0.5, 0.6) is 5.75 Å². The van der Waals surface area contributed by atoms with Gasteiger partial charge in [0.2, 0.25) is 0 Å². The molecule has 0 saturated carbocycles. The van der Waals surface area contributed by atoms with Gasteiger partial charge in [-0.15, -0.1) is 13.2 Å². The molecule has 33 heavy (non-hydrogen) atoms. The highest BCUT2D eigenvalue weighted by Crippen LogP contribution is 2.34. The molecule has 0 aliphatic carbocycles. The third kappa shape index (κ3) is 6.04. The lowest BCUT2D eigenvalue weighted by Gasteiger charge is -2.47. The zero-order chi connectivity index (χ0) is 23.4. The van der Waals surface area contributed by atoms with Crippen molar-refractivity contribution in [2.45, 2.75) is 44.3 Å². The van der Waals surface area contributed by atoms with Crippen molar-refractivity contribution in [3.63, 3.8) is 0 Å². The average Bonchev–Trinajstić information content (AvgIpc) is 2.76. The van der Waals surface area contributed by atoms with Gasteiger partial charge in [-0.05, 0) is 36.1 Å². The van der Waals surface area contributed by atoms with Crippen LogP contribution in [-0.4, -0.2) is 48.4 Å². The first-order valence-corrected chi connectivity index (χ1v) is 10.7. The summed E-state index contributed by atoms with van der Waals surface area (Å²) in [5, 5.41) is 0. The van der Waals surface area contributed by atoms with Crippen LogP contribution < -0.4 is 4.74 Å². The fourth-order valence-corrected chi connectivity index (χ4v) is 4.47. The van der Waals surface area contributed by atoms with Crippen molar-refractivity contribution in [2.75, 3.05) is 13.2 Å². The largest absolute Gasteiger partial charge is 0.573 e. The first kappa shape index (κ1) is 23.1. The fourth-order valence-electron chi connectivity index (χ4n) is 4.47. The molecule has 2 atom stereocenters. The van der Waals surface area contributed by atoms with Crippen molar-refractivity contribution in [1.29, 1.82) is 0 Å². The van der Waals surface area contributed by atoms with Gasteiger partial charge in [0.15, 0.2) is 0 Å². The zero-order valence-corrected chi connectivity index (χ0v) is 17.8. The van der Waals surface area contributed by atoms with E-state index in [0.717, 1.165) is 5.56 Å². The second-order valence-corrected chi connectivity index (χ2v) is 8.30. The summed E-state index contributed by atoms with van der Waals surface area (Å²) in [5.74, 6) is -0.739. The molecule has 0 N–H and O–H groups in total. The quantitative estimate of drug-likeness (QED) is 0.631. The van der Waals surface area contributed by atoms with E-state index in [4.69, 9.17) is 9.47 Å². The highest BCUT2D eigenvalue weighted by atomic mass is 19.4. The molecule has 2 aromatic carbocycles. The minimum absolute atomic E-state index is 0.00151. The maximum absolute atomic E-state index is 12.9. The number of ketones is 1. The number of fused-ring (bicyclic) bond motifs is 2. The van der Waals surface area contributed by atoms with Crippen LogP contribution in [-0.2, 0) is 27.3 Å². The lowest BCUT2D eigenvalue weighted by atomic mass is 9.81. The molecule has 4 rings (SSSR count). The van der Waals surface area contributed by atoms with E-state index in [-0.39, 0.29) is 42.6 Å². The number of hydrogen-bond donors (Lipinski definition) is 0. The van der Waals surface area contributed by atoms with Crippen LogP contribution in [0.4, 0.5) is 18.0 Å². The first-order chi connectivity index (χ1) is 15.8. The smallest absolute Gasteiger partial charge is 0.445 e. The number of piperidine rings is 1. The number of Topliss-reactive ketones (excluding diaryl/α,β-unsaturated/α-hetero) is 1. The summed E-state index contributed by atoms with van der Waals surface area (Å²) in [4.78, 5) is 27.4. The summed E-state index contributed by atoms with van der Waals surface area (Å²) < 4.78 is 52.4.